The largest absolute Gasteiger partial charge is 0.309 e. The van der Waals surface area contributed by atoms with Gasteiger partial charge < -0.3 is 13.7 Å². The maximum Gasteiger partial charge on any atom is 0.164 e. The summed E-state index contributed by atoms with van der Waals surface area (Å²) >= 11 is 0. The van der Waals surface area contributed by atoms with Crippen LogP contribution in [0.3, 0.4) is 0 Å². The molecule has 0 N–H and O–H groups in total. The summed E-state index contributed by atoms with van der Waals surface area (Å²) in [5.74, 6) is 1.64. The standard InChI is InChI=1S/C69H46N6/c1-3-24-45(4-2)67-70-68(48-29-14-7-15-30-48)72-69(71-67)49-43-56(46-25-10-5-11-26-46)64(57(44-49)47-27-12-6-13-28-47)75-59-38-23-21-36-55(59)63-61(75)42-40-53-52-39-41-60-62(65(52)74(66(53)63)51-33-18-9-19-34-51)54-35-20-22-37-58(54)73(60)50-31-16-8-17-32-50/h3-44H,1-2H2/b45-24+. The summed E-state index contributed by atoms with van der Waals surface area (Å²) in [7, 11) is 0. The van der Waals surface area contributed by atoms with Crippen molar-refractivity contribution in [2.75, 3.05) is 0 Å². The molecule has 0 aliphatic heterocycles. The van der Waals surface area contributed by atoms with Gasteiger partial charge in [0.15, 0.2) is 17.5 Å². The van der Waals surface area contributed by atoms with Gasteiger partial charge in [-0.2, -0.15) is 0 Å². The van der Waals surface area contributed by atoms with Crippen LogP contribution in [-0.2, 0) is 0 Å². The van der Waals surface area contributed by atoms with E-state index in [4.69, 9.17) is 15.0 Å². The van der Waals surface area contributed by atoms with Crippen molar-refractivity contribution < 1.29 is 0 Å². The Morgan fingerprint density at radius 1 is 0.360 bits per heavy atom. The first-order valence-corrected chi connectivity index (χ1v) is 25.3. The van der Waals surface area contributed by atoms with Crippen molar-refractivity contribution in [3.8, 4) is 62.1 Å². The molecule has 0 aliphatic rings. The Bertz CT molecular complexity index is 4520. The van der Waals surface area contributed by atoms with Crippen molar-refractivity contribution in [2.45, 2.75) is 0 Å². The maximum atomic E-state index is 5.24. The molecule has 4 heterocycles. The molecule has 75 heavy (non-hydrogen) atoms. The highest BCUT2D eigenvalue weighted by molar-refractivity contribution is 6.31. The maximum absolute atomic E-state index is 5.24. The molecule has 0 unspecified atom stereocenters. The number of allylic oxidation sites excluding steroid dienone is 4. The second-order valence-corrected chi connectivity index (χ2v) is 18.8. The summed E-state index contributed by atoms with van der Waals surface area (Å²) in [6.07, 6.45) is 5.39. The van der Waals surface area contributed by atoms with Crippen molar-refractivity contribution in [3.05, 3.63) is 274 Å². The van der Waals surface area contributed by atoms with Gasteiger partial charge in [-0.25, -0.2) is 15.0 Å². The molecule has 0 saturated heterocycles. The third-order valence-electron chi connectivity index (χ3n) is 14.6. The van der Waals surface area contributed by atoms with E-state index in [1.165, 1.54) is 38.0 Å². The topological polar surface area (TPSA) is 53.5 Å². The third kappa shape index (κ3) is 6.99. The summed E-state index contributed by atoms with van der Waals surface area (Å²) in [4.78, 5) is 15.5. The Kier molecular flexibility index (Phi) is 10.4. The first-order valence-electron chi connectivity index (χ1n) is 25.3. The van der Waals surface area contributed by atoms with Crippen LogP contribution in [-0.4, -0.2) is 28.7 Å². The van der Waals surface area contributed by atoms with Crippen LogP contribution in [0.15, 0.2) is 268 Å². The summed E-state index contributed by atoms with van der Waals surface area (Å²) in [6.45, 7) is 8.11. The fourth-order valence-corrected chi connectivity index (χ4v) is 11.4. The van der Waals surface area contributed by atoms with E-state index in [-0.39, 0.29) is 0 Å². The zero-order chi connectivity index (χ0) is 50.0. The van der Waals surface area contributed by atoms with Gasteiger partial charge in [0.2, 0.25) is 0 Å². The molecular weight excluding hydrogens is 913 g/mol. The quantitative estimate of drug-likeness (QED) is 0.128. The highest BCUT2D eigenvalue weighted by atomic mass is 15.1. The Hall–Kier alpha value is -10.2. The van der Waals surface area contributed by atoms with E-state index in [9.17, 15) is 0 Å². The molecule has 0 bridgehead atoms. The van der Waals surface area contributed by atoms with Gasteiger partial charge in [0.25, 0.3) is 0 Å². The first kappa shape index (κ1) is 43.6. The zero-order valence-electron chi connectivity index (χ0n) is 40.8. The van der Waals surface area contributed by atoms with Gasteiger partial charge in [-0.05, 0) is 71.8 Å². The van der Waals surface area contributed by atoms with Gasteiger partial charge in [0.1, 0.15) is 0 Å². The fraction of sp³-hybridized carbons (Fsp3) is 0. The van der Waals surface area contributed by atoms with Crippen LogP contribution in [0.25, 0.3) is 133 Å². The lowest BCUT2D eigenvalue weighted by Crippen LogP contribution is -2.05. The van der Waals surface area contributed by atoms with Crippen LogP contribution < -0.4 is 0 Å². The zero-order valence-corrected chi connectivity index (χ0v) is 40.8. The van der Waals surface area contributed by atoms with Crippen LogP contribution >= 0.6 is 0 Å². The lowest BCUT2D eigenvalue weighted by Gasteiger charge is -2.21. The third-order valence-corrected chi connectivity index (χ3v) is 14.6. The summed E-state index contributed by atoms with van der Waals surface area (Å²) in [5.41, 5.74) is 16.8. The molecule has 352 valence electrons. The minimum Gasteiger partial charge on any atom is -0.309 e. The van der Waals surface area contributed by atoms with Gasteiger partial charge in [-0.1, -0.05) is 207 Å². The van der Waals surface area contributed by atoms with Crippen LogP contribution in [0.1, 0.15) is 5.82 Å². The SMILES string of the molecule is C=C/C=C(\C=C)c1nc(-c2ccccc2)nc(-c2cc(-c3ccccc3)c(-n3c4ccccc4c4c3ccc3c5ccc6c(c7ccccc7n6-c6ccccc6)c5n(-c5ccccc5)c34)c(-c3ccccc3)c2)n1. The Balaban J connectivity index is 1.13. The lowest BCUT2D eigenvalue weighted by molar-refractivity contribution is 1.04. The summed E-state index contributed by atoms with van der Waals surface area (Å²) in [5, 5.41) is 7.14. The predicted octanol–water partition coefficient (Wildman–Crippen LogP) is 17.6. The van der Waals surface area contributed by atoms with Gasteiger partial charge in [-0.15, -0.1) is 0 Å². The van der Waals surface area contributed by atoms with E-state index in [2.05, 4.69) is 233 Å². The number of aromatic nitrogens is 6. The number of nitrogens with zero attached hydrogens (tertiary/aromatic N) is 6. The van der Waals surface area contributed by atoms with E-state index in [1.807, 2.05) is 36.4 Å². The summed E-state index contributed by atoms with van der Waals surface area (Å²) < 4.78 is 7.45. The van der Waals surface area contributed by atoms with Crippen LogP contribution in [0.5, 0.6) is 0 Å². The Morgan fingerprint density at radius 3 is 1.29 bits per heavy atom. The number of fused-ring (bicyclic) bond motifs is 11. The summed E-state index contributed by atoms with van der Waals surface area (Å²) in [6, 6.07) is 84.7. The van der Waals surface area contributed by atoms with Crippen molar-refractivity contribution in [2.24, 2.45) is 0 Å². The van der Waals surface area contributed by atoms with Gasteiger partial charge in [0.05, 0.1) is 38.8 Å². The molecule has 0 spiro atoms. The van der Waals surface area contributed by atoms with Crippen LogP contribution in [0.2, 0.25) is 0 Å². The molecule has 0 saturated carbocycles. The normalized spacial score (nSPS) is 11.9. The van der Waals surface area contributed by atoms with E-state index < -0.39 is 0 Å². The molecule has 0 radical (unpaired) electrons. The molecule has 6 heteroatoms. The Labute approximate surface area is 433 Å². The average molecular weight is 959 g/mol. The van der Waals surface area contributed by atoms with Gasteiger partial charge in [0, 0.05) is 71.5 Å². The van der Waals surface area contributed by atoms with Crippen molar-refractivity contribution in [1.82, 2.24) is 28.7 Å². The minimum absolute atomic E-state index is 0.516. The number of hydrogen-bond acceptors (Lipinski definition) is 3. The van der Waals surface area contributed by atoms with E-state index in [0.29, 0.717) is 17.5 Å². The second kappa shape index (κ2) is 17.8. The van der Waals surface area contributed by atoms with Crippen molar-refractivity contribution >= 4 is 71.0 Å². The molecular formula is C69H46N6. The number of hydrogen-bond donors (Lipinski definition) is 0. The molecule has 0 amide bonds. The minimum atomic E-state index is 0.516. The number of rotatable bonds is 10. The molecule has 14 aromatic rings. The predicted molar refractivity (Wildman–Crippen MR) is 313 cm³/mol. The lowest BCUT2D eigenvalue weighted by atomic mass is 9.92. The first-order chi connectivity index (χ1) is 37.2. The molecule has 6 nitrogen and oxygen atoms in total. The molecule has 0 atom stereocenters. The van der Waals surface area contributed by atoms with Gasteiger partial charge >= 0.3 is 0 Å². The van der Waals surface area contributed by atoms with Crippen molar-refractivity contribution in [1.29, 1.82) is 0 Å². The van der Waals surface area contributed by atoms with Crippen LogP contribution in [0, 0.1) is 0 Å². The highest BCUT2D eigenvalue weighted by Crippen LogP contribution is 2.49. The smallest absolute Gasteiger partial charge is 0.164 e. The molecule has 10 aromatic carbocycles. The Morgan fingerprint density at radius 2 is 0.787 bits per heavy atom. The molecule has 4 aromatic heterocycles. The number of benzene rings is 10. The van der Waals surface area contributed by atoms with E-state index >= 15 is 0 Å². The van der Waals surface area contributed by atoms with E-state index in [0.717, 1.165) is 83.5 Å². The monoisotopic (exact) mass is 958 g/mol. The molecule has 0 fully saturated rings. The second-order valence-electron chi connectivity index (χ2n) is 18.8. The van der Waals surface area contributed by atoms with E-state index in [1.54, 1.807) is 12.2 Å². The highest BCUT2D eigenvalue weighted by Gasteiger charge is 2.27. The molecule has 0 aliphatic carbocycles. The fourth-order valence-electron chi connectivity index (χ4n) is 11.4. The average Bonchev–Trinajstić information content (AvgIpc) is 4.29. The van der Waals surface area contributed by atoms with Gasteiger partial charge in [-0.3, -0.25) is 0 Å². The van der Waals surface area contributed by atoms with Crippen molar-refractivity contribution in [3.63, 3.8) is 0 Å². The molecule has 14 rings (SSSR count). The number of para-hydroxylation sites is 4. The van der Waals surface area contributed by atoms with Crippen LogP contribution in [0.4, 0.5) is 0 Å².